The molecule has 0 saturated carbocycles. The normalized spacial score (nSPS) is 10.9. The number of benzene rings is 2. The summed E-state index contributed by atoms with van der Waals surface area (Å²) in [7, 11) is 3.06. The molecular weight excluding hydrogens is 387 g/mol. The van der Waals surface area contributed by atoms with Gasteiger partial charge in [-0.25, -0.2) is 14.0 Å². The van der Waals surface area contributed by atoms with E-state index in [-0.39, 0.29) is 34.0 Å². The molecule has 0 atom stereocenters. The number of hydrogen-bond donors (Lipinski definition) is 1. The number of nitrogens with two attached hydrogens (primary N) is 1. The maximum Gasteiger partial charge on any atom is 0.414 e. The number of carbonyl (C=O) groups excluding carboxylic acids is 1. The van der Waals surface area contributed by atoms with Crippen molar-refractivity contribution in [1.82, 2.24) is 4.90 Å². The molecule has 0 radical (unpaired) electrons. The molecule has 2 N–H and O–H groups in total. The van der Waals surface area contributed by atoms with Crippen molar-refractivity contribution in [3.63, 3.8) is 0 Å². The number of aryl methyl sites for hydroxylation is 1. The van der Waals surface area contributed by atoms with E-state index in [2.05, 4.69) is 0 Å². The smallest absolute Gasteiger partial charge is 0.414 e. The maximum atomic E-state index is 14.2. The summed E-state index contributed by atoms with van der Waals surface area (Å²) in [5.41, 5.74) is 6.39. The Hall–Kier alpha value is -3.06. The van der Waals surface area contributed by atoms with Gasteiger partial charge in [0.25, 0.3) is 0 Å². The first kappa shape index (κ1) is 19.7. The third-order valence-corrected chi connectivity index (χ3v) is 4.67. The molecular formula is C20H18ClFN2O4. The first-order chi connectivity index (χ1) is 13.2. The van der Waals surface area contributed by atoms with Crippen LogP contribution in [0.25, 0.3) is 11.0 Å². The van der Waals surface area contributed by atoms with Crippen molar-refractivity contribution in [3.05, 3.63) is 68.3 Å². The van der Waals surface area contributed by atoms with Crippen molar-refractivity contribution in [1.29, 1.82) is 0 Å². The largest absolute Gasteiger partial charge is 0.422 e. The minimum Gasteiger partial charge on any atom is -0.422 e. The lowest BCUT2D eigenvalue weighted by atomic mass is 9.99. The highest BCUT2D eigenvalue weighted by atomic mass is 35.5. The van der Waals surface area contributed by atoms with E-state index in [1.54, 1.807) is 25.1 Å². The van der Waals surface area contributed by atoms with E-state index in [1.807, 2.05) is 0 Å². The Morgan fingerprint density at radius 2 is 2.04 bits per heavy atom. The number of ether oxygens (including phenoxy) is 1. The van der Waals surface area contributed by atoms with Crippen LogP contribution in [0.1, 0.15) is 16.7 Å². The van der Waals surface area contributed by atoms with Gasteiger partial charge in [0.15, 0.2) is 5.75 Å². The summed E-state index contributed by atoms with van der Waals surface area (Å²) in [5.74, 6) is -0.490. The highest BCUT2D eigenvalue weighted by Gasteiger charge is 2.18. The van der Waals surface area contributed by atoms with Crippen LogP contribution in [0.4, 0.5) is 14.9 Å². The van der Waals surface area contributed by atoms with Gasteiger partial charge in [-0.05, 0) is 30.2 Å². The van der Waals surface area contributed by atoms with E-state index in [9.17, 15) is 14.0 Å². The second-order valence-corrected chi connectivity index (χ2v) is 6.94. The van der Waals surface area contributed by atoms with Crippen LogP contribution in [-0.2, 0) is 6.42 Å². The maximum absolute atomic E-state index is 14.2. The molecule has 0 bridgehead atoms. The standard InChI is InChI=1S/C20H18ClFN2O4/c1-10-12-8-14(21)17(28-20(26)24(2)3)9-16(12)27-19(25)13(10)7-11-5-4-6-15(23)18(11)22/h4-6,8-9H,7,23H2,1-3H3. The van der Waals surface area contributed by atoms with Gasteiger partial charge in [0.2, 0.25) is 0 Å². The highest BCUT2D eigenvalue weighted by Crippen LogP contribution is 2.32. The van der Waals surface area contributed by atoms with E-state index >= 15 is 0 Å². The molecule has 1 heterocycles. The molecule has 1 amide bonds. The number of nitrogens with zero attached hydrogens (tertiary/aromatic N) is 1. The number of nitrogen functional groups attached to an aromatic ring is 1. The molecule has 2 aromatic carbocycles. The summed E-state index contributed by atoms with van der Waals surface area (Å²) >= 11 is 6.23. The summed E-state index contributed by atoms with van der Waals surface area (Å²) in [4.78, 5) is 25.5. The number of carbonyl (C=O) groups is 1. The van der Waals surface area contributed by atoms with Gasteiger partial charge in [-0.15, -0.1) is 0 Å². The van der Waals surface area contributed by atoms with E-state index in [1.165, 1.54) is 31.1 Å². The van der Waals surface area contributed by atoms with Gasteiger partial charge in [-0.3, -0.25) is 0 Å². The third kappa shape index (κ3) is 3.66. The predicted molar refractivity (Wildman–Crippen MR) is 106 cm³/mol. The van der Waals surface area contributed by atoms with Gasteiger partial charge >= 0.3 is 11.7 Å². The number of fused-ring (bicyclic) bond motifs is 1. The minimum atomic E-state index is -0.617. The Bertz CT molecular complexity index is 1140. The lowest BCUT2D eigenvalue weighted by molar-refractivity contribution is 0.172. The van der Waals surface area contributed by atoms with Crippen LogP contribution in [0.2, 0.25) is 5.02 Å². The number of rotatable bonds is 3. The molecule has 0 spiro atoms. The molecule has 28 heavy (non-hydrogen) atoms. The predicted octanol–water partition coefficient (Wildman–Crippen LogP) is 4.13. The van der Waals surface area contributed by atoms with Crippen molar-refractivity contribution < 1.29 is 18.3 Å². The third-order valence-electron chi connectivity index (χ3n) is 4.38. The second kappa shape index (κ2) is 7.52. The van der Waals surface area contributed by atoms with Crippen molar-refractivity contribution in [2.75, 3.05) is 19.8 Å². The van der Waals surface area contributed by atoms with Crippen molar-refractivity contribution in [3.8, 4) is 5.75 Å². The Kier molecular flexibility index (Phi) is 5.29. The Balaban J connectivity index is 2.09. The number of halogens is 2. The number of anilines is 1. The SMILES string of the molecule is Cc1c(Cc2cccc(N)c2F)c(=O)oc2cc(OC(=O)N(C)C)c(Cl)cc12. The topological polar surface area (TPSA) is 85.8 Å². The fraction of sp³-hybridized carbons (Fsp3) is 0.200. The van der Waals surface area contributed by atoms with Crippen LogP contribution in [0.5, 0.6) is 5.75 Å². The van der Waals surface area contributed by atoms with Crippen LogP contribution in [-0.4, -0.2) is 25.1 Å². The van der Waals surface area contributed by atoms with Crippen LogP contribution in [0, 0.1) is 12.7 Å². The molecule has 1 aromatic heterocycles. The van der Waals surface area contributed by atoms with Gasteiger partial charge < -0.3 is 19.8 Å². The van der Waals surface area contributed by atoms with Crippen LogP contribution < -0.4 is 16.1 Å². The van der Waals surface area contributed by atoms with Gasteiger partial charge in [-0.2, -0.15) is 0 Å². The summed E-state index contributed by atoms with van der Waals surface area (Å²) in [6.07, 6.45) is -0.593. The molecule has 0 unspecified atom stereocenters. The first-order valence-corrected chi connectivity index (χ1v) is 8.74. The molecule has 0 saturated heterocycles. The molecule has 0 aliphatic heterocycles. The zero-order chi connectivity index (χ0) is 20.6. The lowest BCUT2D eigenvalue weighted by Gasteiger charge is -2.13. The van der Waals surface area contributed by atoms with Gasteiger partial charge in [0.05, 0.1) is 10.7 Å². The van der Waals surface area contributed by atoms with E-state index < -0.39 is 17.5 Å². The molecule has 0 fully saturated rings. The van der Waals surface area contributed by atoms with Gasteiger partial charge in [0.1, 0.15) is 11.4 Å². The van der Waals surface area contributed by atoms with Crippen LogP contribution in [0.3, 0.4) is 0 Å². The van der Waals surface area contributed by atoms with Gasteiger partial charge in [-0.1, -0.05) is 23.7 Å². The van der Waals surface area contributed by atoms with E-state index in [0.29, 0.717) is 16.5 Å². The van der Waals surface area contributed by atoms with Crippen molar-refractivity contribution in [2.45, 2.75) is 13.3 Å². The summed E-state index contributed by atoms with van der Waals surface area (Å²) < 4.78 is 24.8. The first-order valence-electron chi connectivity index (χ1n) is 8.37. The van der Waals surface area contributed by atoms with Crippen LogP contribution >= 0.6 is 11.6 Å². The molecule has 6 nitrogen and oxygen atoms in total. The van der Waals surface area contributed by atoms with Gasteiger partial charge in [0, 0.05) is 37.5 Å². The monoisotopic (exact) mass is 404 g/mol. The second-order valence-electron chi connectivity index (χ2n) is 6.53. The zero-order valence-corrected chi connectivity index (χ0v) is 16.3. The van der Waals surface area contributed by atoms with Crippen LogP contribution in [0.15, 0.2) is 39.5 Å². The summed E-state index contributed by atoms with van der Waals surface area (Å²) in [5, 5.41) is 0.745. The average Bonchev–Trinajstić information content (AvgIpc) is 2.63. The van der Waals surface area contributed by atoms with Crippen molar-refractivity contribution in [2.24, 2.45) is 0 Å². The zero-order valence-electron chi connectivity index (χ0n) is 15.5. The fourth-order valence-corrected chi connectivity index (χ4v) is 2.99. The minimum absolute atomic E-state index is 0.00993. The Morgan fingerprint density at radius 3 is 2.71 bits per heavy atom. The highest BCUT2D eigenvalue weighted by molar-refractivity contribution is 6.33. The number of hydrogen-bond acceptors (Lipinski definition) is 5. The Morgan fingerprint density at radius 1 is 1.32 bits per heavy atom. The molecule has 146 valence electrons. The molecule has 0 aliphatic carbocycles. The Labute approximate surface area is 165 Å². The quantitative estimate of drug-likeness (QED) is 0.524. The van der Waals surface area contributed by atoms with Crippen molar-refractivity contribution >= 4 is 34.4 Å². The summed E-state index contributed by atoms with van der Waals surface area (Å²) in [6, 6.07) is 7.56. The van der Waals surface area contributed by atoms with E-state index in [4.69, 9.17) is 26.5 Å². The average molecular weight is 405 g/mol. The molecule has 0 aliphatic rings. The molecule has 3 aromatic rings. The van der Waals surface area contributed by atoms with E-state index in [0.717, 1.165) is 0 Å². The molecule has 8 heteroatoms. The molecule has 3 rings (SSSR count). The fourth-order valence-electron chi connectivity index (χ4n) is 2.78. The number of amides is 1. The summed E-state index contributed by atoms with van der Waals surface area (Å²) in [6.45, 7) is 1.72. The lowest BCUT2D eigenvalue weighted by Crippen LogP contribution is -2.25.